The number of rotatable bonds is 7. The van der Waals surface area contributed by atoms with Crippen molar-refractivity contribution in [1.29, 1.82) is 0 Å². The van der Waals surface area contributed by atoms with Gasteiger partial charge in [0, 0.05) is 31.1 Å². The number of hydrogen-bond donors (Lipinski definition) is 1. The van der Waals surface area contributed by atoms with Gasteiger partial charge < -0.3 is 28.8 Å². The Morgan fingerprint density at radius 2 is 1.76 bits per heavy atom. The van der Waals surface area contributed by atoms with Crippen LogP contribution in [0, 0.1) is 19.8 Å². The second-order valence-corrected chi connectivity index (χ2v) is 8.17. The molecule has 176 valence electrons. The van der Waals surface area contributed by atoms with E-state index >= 15 is 0 Å². The number of carbonyl (C=O) groups excluding carboxylic acids is 1. The Hall–Kier alpha value is -3.49. The highest BCUT2D eigenvalue weighted by Crippen LogP contribution is 2.38. The molecule has 3 heterocycles. The highest BCUT2D eigenvalue weighted by atomic mass is 16.5. The van der Waals surface area contributed by atoms with Crippen molar-refractivity contribution >= 4 is 22.8 Å². The number of hydrogen-bond acceptors (Lipinski definition) is 8. The SMILES string of the molecule is COc1cc(CNC(=O)C2CCN(c3ncnc4oc(C)c(C)c34)CC2)cc(OC)c1OC. The van der Waals surface area contributed by atoms with E-state index in [0.717, 1.165) is 54.0 Å². The Bertz CT molecular complexity index is 1130. The highest BCUT2D eigenvalue weighted by molar-refractivity contribution is 5.90. The summed E-state index contributed by atoms with van der Waals surface area (Å²) in [6.07, 6.45) is 3.04. The summed E-state index contributed by atoms with van der Waals surface area (Å²) in [5, 5.41) is 4.01. The molecule has 2 aromatic heterocycles. The van der Waals surface area contributed by atoms with Crippen LogP contribution in [0.4, 0.5) is 5.82 Å². The molecule has 3 aromatic rings. The summed E-state index contributed by atoms with van der Waals surface area (Å²) in [6.45, 7) is 5.84. The van der Waals surface area contributed by atoms with Crippen LogP contribution in [0.15, 0.2) is 22.9 Å². The molecule has 0 radical (unpaired) electrons. The molecule has 1 aromatic carbocycles. The number of anilines is 1. The molecular formula is C24H30N4O5. The number of ether oxygens (including phenoxy) is 3. The van der Waals surface area contributed by atoms with Gasteiger partial charge in [-0.25, -0.2) is 9.97 Å². The largest absolute Gasteiger partial charge is 0.493 e. The molecule has 33 heavy (non-hydrogen) atoms. The first-order chi connectivity index (χ1) is 16.0. The first-order valence-electron chi connectivity index (χ1n) is 11.0. The summed E-state index contributed by atoms with van der Waals surface area (Å²) in [5.41, 5.74) is 2.55. The number of piperidine rings is 1. The van der Waals surface area contributed by atoms with Crippen LogP contribution in [0.3, 0.4) is 0 Å². The number of methoxy groups -OCH3 is 3. The standard InChI is InChI=1S/C24H30N4O5/c1-14-15(2)33-24-20(14)22(26-13-27-24)28-8-6-17(7-9-28)23(29)25-12-16-10-18(30-3)21(32-5)19(11-16)31-4/h10-11,13,17H,6-9,12H2,1-5H3,(H,25,29). The fraction of sp³-hybridized carbons (Fsp3) is 0.458. The van der Waals surface area contributed by atoms with Crippen molar-refractivity contribution in [2.75, 3.05) is 39.3 Å². The number of nitrogens with zero attached hydrogens (tertiary/aromatic N) is 3. The summed E-state index contributed by atoms with van der Waals surface area (Å²) >= 11 is 0. The Morgan fingerprint density at radius 3 is 2.36 bits per heavy atom. The van der Waals surface area contributed by atoms with Crippen molar-refractivity contribution in [2.24, 2.45) is 5.92 Å². The van der Waals surface area contributed by atoms with Gasteiger partial charge in [-0.2, -0.15) is 0 Å². The molecule has 1 N–H and O–H groups in total. The lowest BCUT2D eigenvalue weighted by atomic mass is 9.95. The summed E-state index contributed by atoms with van der Waals surface area (Å²) in [5.74, 6) is 3.40. The predicted molar refractivity (Wildman–Crippen MR) is 124 cm³/mol. The second-order valence-electron chi connectivity index (χ2n) is 8.17. The molecule has 9 nitrogen and oxygen atoms in total. The molecule has 1 fully saturated rings. The number of aromatic nitrogens is 2. The Kier molecular flexibility index (Phi) is 6.57. The van der Waals surface area contributed by atoms with Crippen molar-refractivity contribution < 1.29 is 23.4 Å². The van der Waals surface area contributed by atoms with Gasteiger partial charge in [-0.15, -0.1) is 0 Å². The van der Waals surface area contributed by atoms with Crippen LogP contribution in [0.25, 0.3) is 11.1 Å². The quantitative estimate of drug-likeness (QED) is 0.580. The van der Waals surface area contributed by atoms with E-state index in [1.54, 1.807) is 21.3 Å². The molecule has 1 aliphatic heterocycles. The first kappa shape index (κ1) is 22.7. The lowest BCUT2D eigenvalue weighted by Crippen LogP contribution is -2.40. The lowest BCUT2D eigenvalue weighted by Gasteiger charge is -2.32. The van der Waals surface area contributed by atoms with Gasteiger partial charge in [-0.05, 0) is 44.4 Å². The Balaban J connectivity index is 1.39. The minimum Gasteiger partial charge on any atom is -0.493 e. The molecule has 0 spiro atoms. The normalized spacial score (nSPS) is 14.4. The third-order valence-corrected chi connectivity index (χ3v) is 6.30. The third-order valence-electron chi connectivity index (χ3n) is 6.30. The number of aryl methyl sites for hydroxylation is 2. The van der Waals surface area contributed by atoms with Gasteiger partial charge in [0.25, 0.3) is 0 Å². The molecule has 0 aliphatic carbocycles. The topological polar surface area (TPSA) is 99.0 Å². The van der Waals surface area contributed by atoms with Gasteiger partial charge in [-0.1, -0.05) is 0 Å². The van der Waals surface area contributed by atoms with Gasteiger partial charge in [0.15, 0.2) is 11.5 Å². The van der Waals surface area contributed by atoms with Crippen molar-refractivity contribution in [3.63, 3.8) is 0 Å². The molecular weight excluding hydrogens is 424 g/mol. The highest BCUT2D eigenvalue weighted by Gasteiger charge is 2.27. The van der Waals surface area contributed by atoms with Crippen molar-refractivity contribution in [3.8, 4) is 17.2 Å². The van der Waals surface area contributed by atoms with Crippen molar-refractivity contribution in [2.45, 2.75) is 33.2 Å². The maximum absolute atomic E-state index is 12.9. The number of benzene rings is 1. The average molecular weight is 455 g/mol. The summed E-state index contributed by atoms with van der Waals surface area (Å²) in [4.78, 5) is 23.8. The summed E-state index contributed by atoms with van der Waals surface area (Å²) in [6, 6.07) is 3.69. The van der Waals surface area contributed by atoms with Gasteiger partial charge in [0.2, 0.25) is 17.4 Å². The zero-order valence-electron chi connectivity index (χ0n) is 19.7. The fourth-order valence-electron chi connectivity index (χ4n) is 4.33. The van der Waals surface area contributed by atoms with E-state index in [1.165, 1.54) is 6.33 Å². The van der Waals surface area contributed by atoms with Gasteiger partial charge in [0.05, 0.1) is 26.7 Å². The molecule has 1 saturated heterocycles. The van der Waals surface area contributed by atoms with Crippen LogP contribution < -0.4 is 24.4 Å². The summed E-state index contributed by atoms with van der Waals surface area (Å²) in [7, 11) is 4.71. The van der Waals surface area contributed by atoms with E-state index < -0.39 is 0 Å². The number of carbonyl (C=O) groups is 1. The van der Waals surface area contributed by atoms with Crippen LogP contribution >= 0.6 is 0 Å². The van der Waals surface area contributed by atoms with E-state index in [2.05, 4.69) is 20.2 Å². The number of furan rings is 1. The minimum absolute atomic E-state index is 0.0478. The molecule has 1 aliphatic rings. The van der Waals surface area contributed by atoms with E-state index in [-0.39, 0.29) is 11.8 Å². The maximum Gasteiger partial charge on any atom is 0.231 e. The van der Waals surface area contributed by atoms with E-state index in [1.807, 2.05) is 26.0 Å². The number of amides is 1. The molecule has 4 rings (SSSR count). The third kappa shape index (κ3) is 4.40. The average Bonchev–Trinajstić information content (AvgIpc) is 3.15. The Labute approximate surface area is 193 Å². The van der Waals surface area contributed by atoms with Crippen LogP contribution in [-0.4, -0.2) is 50.3 Å². The van der Waals surface area contributed by atoms with Crippen molar-refractivity contribution in [3.05, 3.63) is 35.3 Å². The fourth-order valence-corrected chi connectivity index (χ4v) is 4.33. The van der Waals surface area contributed by atoms with Crippen molar-refractivity contribution in [1.82, 2.24) is 15.3 Å². The molecule has 0 atom stereocenters. The van der Waals surface area contributed by atoms with Gasteiger partial charge in [-0.3, -0.25) is 4.79 Å². The van der Waals surface area contributed by atoms with Crippen LogP contribution in [0.2, 0.25) is 0 Å². The predicted octanol–water partition coefficient (Wildman–Crippen LogP) is 3.40. The molecule has 1 amide bonds. The lowest BCUT2D eigenvalue weighted by molar-refractivity contribution is -0.125. The van der Waals surface area contributed by atoms with Crippen LogP contribution in [-0.2, 0) is 11.3 Å². The van der Waals surface area contributed by atoms with Gasteiger partial charge in [0.1, 0.15) is 17.9 Å². The second kappa shape index (κ2) is 9.56. The van der Waals surface area contributed by atoms with Crippen LogP contribution in [0.5, 0.6) is 17.2 Å². The molecule has 9 heteroatoms. The Morgan fingerprint density at radius 1 is 1.09 bits per heavy atom. The number of nitrogens with one attached hydrogen (secondary N) is 1. The molecule has 0 bridgehead atoms. The maximum atomic E-state index is 12.9. The van der Waals surface area contributed by atoms with Crippen LogP contribution in [0.1, 0.15) is 29.7 Å². The first-order valence-corrected chi connectivity index (χ1v) is 11.0. The monoisotopic (exact) mass is 454 g/mol. The van der Waals surface area contributed by atoms with Gasteiger partial charge >= 0.3 is 0 Å². The summed E-state index contributed by atoms with van der Waals surface area (Å²) < 4.78 is 21.9. The zero-order chi connectivity index (χ0) is 23.5. The minimum atomic E-state index is -0.0483. The molecule has 0 saturated carbocycles. The van der Waals surface area contributed by atoms with E-state index in [0.29, 0.717) is 29.5 Å². The molecule has 0 unspecified atom stereocenters. The zero-order valence-corrected chi connectivity index (χ0v) is 19.7. The van der Waals surface area contributed by atoms with E-state index in [9.17, 15) is 4.79 Å². The smallest absolute Gasteiger partial charge is 0.231 e. The van der Waals surface area contributed by atoms with E-state index in [4.69, 9.17) is 18.6 Å². The number of fused-ring (bicyclic) bond motifs is 1.